The minimum absolute atomic E-state index is 0.509. The highest BCUT2D eigenvalue weighted by molar-refractivity contribution is 5.89. The molecule has 8 heteroatoms. The van der Waals surface area contributed by atoms with Gasteiger partial charge in [-0.15, -0.1) is 0 Å². The van der Waals surface area contributed by atoms with Gasteiger partial charge in [0.05, 0.1) is 6.61 Å². The molecule has 8 nitrogen and oxygen atoms in total. The molecule has 0 saturated carbocycles. The van der Waals surface area contributed by atoms with Gasteiger partial charge in [0.25, 0.3) is 0 Å². The maximum Gasteiger partial charge on any atom is 0.371 e. The fraction of sp³-hybridized carbons (Fsp3) is 0.438. The van der Waals surface area contributed by atoms with E-state index < -0.39 is 49.0 Å². The molecule has 0 aromatic heterocycles. The van der Waals surface area contributed by atoms with Gasteiger partial charge in [0.2, 0.25) is 12.0 Å². The highest BCUT2D eigenvalue weighted by atomic mass is 16.7. The van der Waals surface area contributed by atoms with Crippen molar-refractivity contribution in [1.29, 1.82) is 0 Å². The molecule has 0 amide bonds. The third kappa shape index (κ3) is 4.11. The summed E-state index contributed by atoms with van der Waals surface area (Å²) < 4.78 is 10.3. The number of carbonyl (C=O) groups is 1. The Labute approximate surface area is 138 Å². The first-order valence-electron chi connectivity index (χ1n) is 7.32. The lowest BCUT2D eigenvalue weighted by Crippen LogP contribution is -2.59. The lowest BCUT2D eigenvalue weighted by atomic mass is 9.99. The first-order chi connectivity index (χ1) is 11.3. The second kappa shape index (κ2) is 7.73. The number of benzene rings is 1. The largest absolute Gasteiger partial charge is 0.475 e. The summed E-state index contributed by atoms with van der Waals surface area (Å²) >= 11 is 0. The molecular formula is C16H20O8. The van der Waals surface area contributed by atoms with Crippen LogP contribution in [0.4, 0.5) is 0 Å². The highest BCUT2D eigenvalue weighted by Crippen LogP contribution is 2.24. The third-order valence-corrected chi connectivity index (χ3v) is 3.64. The van der Waals surface area contributed by atoms with E-state index in [2.05, 4.69) is 0 Å². The third-order valence-electron chi connectivity index (χ3n) is 3.64. The molecule has 2 rings (SSSR count). The Kier molecular flexibility index (Phi) is 5.92. The Morgan fingerprint density at radius 2 is 1.96 bits per heavy atom. The Balaban J connectivity index is 2.22. The van der Waals surface area contributed by atoms with Crippen LogP contribution in [0.5, 0.6) is 0 Å². The molecule has 2 unspecified atom stereocenters. The van der Waals surface area contributed by atoms with E-state index in [-0.39, 0.29) is 0 Å². The molecule has 1 heterocycles. The monoisotopic (exact) mass is 340 g/mol. The summed E-state index contributed by atoms with van der Waals surface area (Å²) in [6, 6.07) is 7.00. The molecule has 1 aromatic rings. The van der Waals surface area contributed by atoms with Crippen molar-refractivity contribution >= 4 is 12.0 Å². The summed E-state index contributed by atoms with van der Waals surface area (Å²) in [5, 5.41) is 47.7. The van der Waals surface area contributed by atoms with Gasteiger partial charge in [-0.3, -0.25) is 0 Å². The molecule has 5 N–H and O–H groups in total. The van der Waals surface area contributed by atoms with Gasteiger partial charge in [0.1, 0.15) is 24.4 Å². The van der Waals surface area contributed by atoms with Crippen molar-refractivity contribution in [3.8, 4) is 0 Å². The number of rotatable bonds is 5. The quantitative estimate of drug-likeness (QED) is 0.348. The molecule has 1 aromatic carbocycles. The number of carboxylic acid groups (broad SMARTS) is 1. The molecule has 0 radical (unpaired) electrons. The van der Waals surface area contributed by atoms with Crippen LogP contribution >= 0.6 is 0 Å². The van der Waals surface area contributed by atoms with Crippen LogP contribution in [-0.4, -0.2) is 68.8 Å². The second-order valence-corrected chi connectivity index (χ2v) is 5.54. The predicted molar refractivity (Wildman–Crippen MR) is 81.6 cm³/mol. The standard InChI is InChI=1S/C16H20O8/c1-8-3-2-4-9(5-8)6-10(15(21)22)23-16-14(20)13(19)12(18)11(7-17)24-16/h2-6,11-14,16-20H,7H2,1H3,(H,21,22)/b10-6-/t11-,12+,13?,14?,16-/m0/s1. The zero-order valence-electron chi connectivity index (χ0n) is 12.9. The smallest absolute Gasteiger partial charge is 0.371 e. The number of aliphatic hydroxyl groups excluding tert-OH is 4. The Hall–Kier alpha value is -1.97. The summed E-state index contributed by atoms with van der Waals surface area (Å²) in [6.45, 7) is 1.21. The first-order valence-corrected chi connectivity index (χ1v) is 7.32. The van der Waals surface area contributed by atoms with Crippen LogP contribution in [0, 0.1) is 6.92 Å². The molecule has 24 heavy (non-hydrogen) atoms. The van der Waals surface area contributed by atoms with Crippen molar-refractivity contribution in [3.05, 3.63) is 41.2 Å². The van der Waals surface area contributed by atoms with Crippen molar-refractivity contribution in [1.82, 2.24) is 0 Å². The number of aliphatic carboxylic acids is 1. The molecule has 1 aliphatic heterocycles. The predicted octanol–water partition coefficient (Wildman–Crippen LogP) is -0.763. The molecule has 1 saturated heterocycles. The summed E-state index contributed by atoms with van der Waals surface area (Å²) in [5.41, 5.74) is 1.48. The van der Waals surface area contributed by atoms with Crippen LogP contribution < -0.4 is 0 Å². The van der Waals surface area contributed by atoms with Gasteiger partial charge in [-0.2, -0.15) is 0 Å². The van der Waals surface area contributed by atoms with Crippen LogP contribution in [0.1, 0.15) is 11.1 Å². The molecule has 1 fully saturated rings. The van der Waals surface area contributed by atoms with Crippen LogP contribution in [0.3, 0.4) is 0 Å². The Bertz CT molecular complexity index is 612. The average molecular weight is 340 g/mol. The van der Waals surface area contributed by atoms with Crippen molar-refractivity contribution in [2.24, 2.45) is 0 Å². The van der Waals surface area contributed by atoms with Gasteiger partial charge in [0, 0.05) is 0 Å². The van der Waals surface area contributed by atoms with E-state index in [1.54, 1.807) is 18.2 Å². The molecule has 5 atom stereocenters. The van der Waals surface area contributed by atoms with Gasteiger partial charge in [-0.1, -0.05) is 29.8 Å². The van der Waals surface area contributed by atoms with Gasteiger partial charge in [-0.25, -0.2) is 4.79 Å². The van der Waals surface area contributed by atoms with Crippen LogP contribution in [0.25, 0.3) is 6.08 Å². The molecular weight excluding hydrogens is 320 g/mol. The van der Waals surface area contributed by atoms with Gasteiger partial charge < -0.3 is 35.0 Å². The average Bonchev–Trinajstić information content (AvgIpc) is 2.54. The zero-order valence-corrected chi connectivity index (χ0v) is 12.9. The maximum atomic E-state index is 11.4. The lowest BCUT2D eigenvalue weighted by Gasteiger charge is -2.39. The summed E-state index contributed by atoms with van der Waals surface area (Å²) in [6.07, 6.45) is -6.34. The number of hydrogen-bond donors (Lipinski definition) is 5. The Morgan fingerprint density at radius 1 is 1.25 bits per heavy atom. The highest BCUT2D eigenvalue weighted by Gasteiger charge is 2.45. The minimum Gasteiger partial charge on any atom is -0.475 e. The number of aryl methyl sites for hydroxylation is 1. The van der Waals surface area contributed by atoms with E-state index in [1.165, 1.54) is 6.08 Å². The van der Waals surface area contributed by atoms with E-state index in [0.717, 1.165) is 5.56 Å². The van der Waals surface area contributed by atoms with E-state index >= 15 is 0 Å². The van der Waals surface area contributed by atoms with Crippen molar-refractivity contribution < 1.29 is 39.8 Å². The molecule has 0 bridgehead atoms. The van der Waals surface area contributed by atoms with Crippen molar-refractivity contribution in [3.63, 3.8) is 0 Å². The SMILES string of the molecule is Cc1cccc(/C=C(\O[C@H]2O[C@@H](CO)[C@@H](O)C(O)C2O)C(=O)O)c1. The number of aliphatic hydroxyl groups is 4. The molecule has 0 spiro atoms. The van der Waals surface area contributed by atoms with Crippen LogP contribution in [0.15, 0.2) is 30.0 Å². The fourth-order valence-electron chi connectivity index (χ4n) is 2.35. The zero-order chi connectivity index (χ0) is 17.9. The van der Waals surface area contributed by atoms with E-state index in [4.69, 9.17) is 14.6 Å². The fourth-order valence-corrected chi connectivity index (χ4v) is 2.35. The summed E-state index contributed by atoms with van der Waals surface area (Å²) in [7, 11) is 0. The number of carboxylic acids is 1. The maximum absolute atomic E-state index is 11.4. The molecule has 0 aliphatic carbocycles. The normalized spacial score (nSPS) is 30.9. The summed E-state index contributed by atoms with van der Waals surface area (Å²) in [5.74, 6) is -1.90. The van der Waals surface area contributed by atoms with Crippen LogP contribution in [0.2, 0.25) is 0 Å². The van der Waals surface area contributed by atoms with Gasteiger partial charge >= 0.3 is 5.97 Å². The number of hydrogen-bond acceptors (Lipinski definition) is 7. The van der Waals surface area contributed by atoms with Gasteiger partial charge in [-0.05, 0) is 18.6 Å². The molecule has 1 aliphatic rings. The first kappa shape index (κ1) is 18.4. The Morgan fingerprint density at radius 3 is 2.54 bits per heavy atom. The summed E-state index contributed by atoms with van der Waals surface area (Å²) in [4.78, 5) is 11.4. The van der Waals surface area contributed by atoms with E-state index in [9.17, 15) is 25.2 Å². The van der Waals surface area contributed by atoms with E-state index in [1.807, 2.05) is 13.0 Å². The minimum atomic E-state index is -1.68. The lowest BCUT2D eigenvalue weighted by molar-refractivity contribution is -0.291. The van der Waals surface area contributed by atoms with Crippen LogP contribution in [-0.2, 0) is 14.3 Å². The van der Waals surface area contributed by atoms with E-state index in [0.29, 0.717) is 5.56 Å². The molecule has 132 valence electrons. The van der Waals surface area contributed by atoms with Gasteiger partial charge in [0.15, 0.2) is 0 Å². The van der Waals surface area contributed by atoms with Crippen molar-refractivity contribution in [2.75, 3.05) is 6.61 Å². The second-order valence-electron chi connectivity index (χ2n) is 5.54. The van der Waals surface area contributed by atoms with Crippen molar-refractivity contribution in [2.45, 2.75) is 37.6 Å². The topological polar surface area (TPSA) is 137 Å². The number of ether oxygens (including phenoxy) is 2.